The zero-order valence-electron chi connectivity index (χ0n) is 13.8. The summed E-state index contributed by atoms with van der Waals surface area (Å²) in [4.78, 5) is 26.9. The molecule has 0 fully saturated rings. The van der Waals surface area contributed by atoms with Gasteiger partial charge >= 0.3 is 6.18 Å². The number of nitrogens with zero attached hydrogens (tertiary/aromatic N) is 1. The summed E-state index contributed by atoms with van der Waals surface area (Å²) in [6, 6.07) is 8.98. The molecule has 0 atom stereocenters. The van der Waals surface area contributed by atoms with Gasteiger partial charge in [0.05, 0.1) is 22.8 Å². The van der Waals surface area contributed by atoms with Crippen LogP contribution in [0.15, 0.2) is 47.6 Å². The van der Waals surface area contributed by atoms with Crippen LogP contribution < -0.4 is 10.6 Å². The summed E-state index contributed by atoms with van der Waals surface area (Å²) < 4.78 is 37.4. The Balaban J connectivity index is 1.84. The van der Waals surface area contributed by atoms with Gasteiger partial charge in [0.15, 0.2) is 0 Å². The number of carbonyl (C=O) groups excluding carboxylic acids is 2. The van der Waals surface area contributed by atoms with Crippen LogP contribution in [0.4, 0.5) is 18.9 Å². The molecule has 5 nitrogen and oxygen atoms in total. The highest BCUT2D eigenvalue weighted by atomic mass is 32.2. The van der Waals surface area contributed by atoms with Crippen LogP contribution in [0.1, 0.15) is 11.1 Å². The topological polar surface area (TPSA) is 71.1 Å². The van der Waals surface area contributed by atoms with Crippen LogP contribution in [0, 0.1) is 0 Å². The first-order chi connectivity index (χ1) is 12.3. The minimum Gasteiger partial charge on any atom is -0.359 e. The highest BCUT2D eigenvalue weighted by Gasteiger charge is 2.30. The standard InChI is InChI=1S/C17H16F3N3O2S/c1-21-14(24)8-11-2-5-13(6-3-11)23-15(25)10-26-16-7-4-12(9-22-16)17(18,19)20/h2-7,9H,8,10H2,1H3,(H,21,24)(H,23,25). The lowest BCUT2D eigenvalue weighted by molar-refractivity contribution is -0.137. The number of rotatable bonds is 6. The first-order valence-corrected chi connectivity index (χ1v) is 8.52. The van der Waals surface area contributed by atoms with Crippen molar-refractivity contribution in [1.82, 2.24) is 10.3 Å². The summed E-state index contributed by atoms with van der Waals surface area (Å²) in [7, 11) is 1.56. The van der Waals surface area contributed by atoms with Gasteiger partial charge in [0.25, 0.3) is 0 Å². The van der Waals surface area contributed by atoms with E-state index >= 15 is 0 Å². The van der Waals surface area contributed by atoms with Crippen LogP contribution in [0.2, 0.25) is 0 Å². The van der Waals surface area contributed by atoms with E-state index in [0.717, 1.165) is 29.6 Å². The van der Waals surface area contributed by atoms with Gasteiger partial charge in [-0.1, -0.05) is 23.9 Å². The third-order valence-corrected chi connectivity index (χ3v) is 4.24. The normalized spacial score (nSPS) is 11.1. The van der Waals surface area contributed by atoms with Gasteiger partial charge in [0, 0.05) is 18.9 Å². The molecule has 138 valence electrons. The number of amides is 2. The van der Waals surface area contributed by atoms with Gasteiger partial charge in [0.1, 0.15) is 0 Å². The molecule has 0 bridgehead atoms. The van der Waals surface area contributed by atoms with Crippen LogP contribution in [-0.4, -0.2) is 29.6 Å². The average molecular weight is 383 g/mol. The number of carbonyl (C=O) groups is 2. The van der Waals surface area contributed by atoms with E-state index in [-0.39, 0.29) is 24.0 Å². The van der Waals surface area contributed by atoms with Gasteiger partial charge in [-0.25, -0.2) is 4.98 Å². The number of benzene rings is 1. The Bertz CT molecular complexity index is 762. The molecule has 0 aliphatic heterocycles. The molecule has 0 saturated heterocycles. The second-order valence-electron chi connectivity index (χ2n) is 5.27. The van der Waals surface area contributed by atoms with E-state index in [1.807, 2.05) is 0 Å². The van der Waals surface area contributed by atoms with Gasteiger partial charge in [-0.15, -0.1) is 0 Å². The highest BCUT2D eigenvalue weighted by molar-refractivity contribution is 7.99. The summed E-state index contributed by atoms with van der Waals surface area (Å²) in [6.45, 7) is 0. The number of alkyl halides is 3. The third kappa shape index (κ3) is 6.07. The average Bonchev–Trinajstić information content (AvgIpc) is 2.61. The summed E-state index contributed by atoms with van der Waals surface area (Å²) in [5.41, 5.74) is 0.547. The van der Waals surface area contributed by atoms with Gasteiger partial charge in [0.2, 0.25) is 11.8 Å². The van der Waals surface area contributed by atoms with Crippen LogP contribution in [0.5, 0.6) is 0 Å². The van der Waals surface area contributed by atoms with E-state index in [9.17, 15) is 22.8 Å². The van der Waals surface area contributed by atoms with E-state index < -0.39 is 11.7 Å². The zero-order chi connectivity index (χ0) is 19.2. The quantitative estimate of drug-likeness (QED) is 0.752. The molecule has 2 rings (SSSR count). The van der Waals surface area contributed by atoms with E-state index in [1.54, 1.807) is 31.3 Å². The summed E-state index contributed by atoms with van der Waals surface area (Å²) in [5.74, 6) is -0.406. The molecular weight excluding hydrogens is 367 g/mol. The minimum atomic E-state index is -4.43. The number of likely N-dealkylation sites (N-methyl/N-ethyl adjacent to an activating group) is 1. The minimum absolute atomic E-state index is 0.0123. The van der Waals surface area contributed by atoms with Crippen LogP contribution in [0.25, 0.3) is 0 Å². The monoisotopic (exact) mass is 383 g/mol. The number of halogens is 3. The molecule has 0 saturated carbocycles. The molecule has 2 aromatic rings. The van der Waals surface area contributed by atoms with Crippen molar-refractivity contribution < 1.29 is 22.8 Å². The molecule has 9 heteroatoms. The Morgan fingerprint density at radius 3 is 2.31 bits per heavy atom. The molecule has 0 unspecified atom stereocenters. The fourth-order valence-corrected chi connectivity index (χ4v) is 2.59. The molecule has 1 aromatic carbocycles. The lowest BCUT2D eigenvalue weighted by Crippen LogP contribution is -2.20. The van der Waals surface area contributed by atoms with Crippen LogP contribution in [-0.2, 0) is 22.2 Å². The van der Waals surface area contributed by atoms with Crippen molar-refractivity contribution in [3.05, 3.63) is 53.7 Å². The van der Waals surface area contributed by atoms with Crippen molar-refractivity contribution in [2.45, 2.75) is 17.6 Å². The Morgan fingerprint density at radius 1 is 1.08 bits per heavy atom. The van der Waals surface area contributed by atoms with Gasteiger partial charge in [-0.05, 0) is 29.8 Å². The van der Waals surface area contributed by atoms with E-state index in [1.165, 1.54) is 6.07 Å². The molecule has 0 spiro atoms. The third-order valence-electron chi connectivity index (χ3n) is 3.30. The van der Waals surface area contributed by atoms with Crippen molar-refractivity contribution in [1.29, 1.82) is 0 Å². The molecule has 26 heavy (non-hydrogen) atoms. The Labute approximate surface area is 152 Å². The number of hydrogen-bond acceptors (Lipinski definition) is 4. The SMILES string of the molecule is CNC(=O)Cc1ccc(NC(=O)CSc2ccc(C(F)(F)F)cn2)cc1. The molecule has 2 N–H and O–H groups in total. The largest absolute Gasteiger partial charge is 0.417 e. The number of aromatic nitrogens is 1. The number of nitrogens with one attached hydrogen (secondary N) is 2. The van der Waals surface area contributed by atoms with E-state index in [0.29, 0.717) is 10.7 Å². The van der Waals surface area contributed by atoms with E-state index in [2.05, 4.69) is 15.6 Å². The number of anilines is 1. The summed E-state index contributed by atoms with van der Waals surface area (Å²) in [6.07, 6.45) is -3.44. The van der Waals surface area contributed by atoms with Crippen molar-refractivity contribution in [3.8, 4) is 0 Å². The van der Waals surface area contributed by atoms with Gasteiger partial charge < -0.3 is 10.6 Å². The maximum atomic E-state index is 12.5. The first-order valence-electron chi connectivity index (χ1n) is 7.53. The lowest BCUT2D eigenvalue weighted by Gasteiger charge is -2.08. The van der Waals surface area contributed by atoms with Crippen molar-refractivity contribution in [2.24, 2.45) is 0 Å². The molecule has 1 heterocycles. The van der Waals surface area contributed by atoms with Crippen LogP contribution in [0.3, 0.4) is 0 Å². The molecule has 0 aliphatic carbocycles. The highest BCUT2D eigenvalue weighted by Crippen LogP contribution is 2.29. The molecule has 0 radical (unpaired) electrons. The maximum Gasteiger partial charge on any atom is 0.417 e. The fraction of sp³-hybridized carbons (Fsp3) is 0.235. The van der Waals surface area contributed by atoms with Crippen molar-refractivity contribution in [3.63, 3.8) is 0 Å². The second kappa shape index (κ2) is 8.70. The molecular formula is C17H16F3N3O2S. The molecule has 2 amide bonds. The number of hydrogen-bond donors (Lipinski definition) is 2. The summed E-state index contributed by atoms with van der Waals surface area (Å²) in [5, 5.41) is 5.53. The van der Waals surface area contributed by atoms with Crippen molar-refractivity contribution in [2.75, 3.05) is 18.1 Å². The Hall–Kier alpha value is -2.55. The molecule has 0 aliphatic rings. The summed E-state index contributed by atoms with van der Waals surface area (Å²) >= 11 is 1.04. The number of thioether (sulfide) groups is 1. The maximum absolute atomic E-state index is 12.5. The fourth-order valence-electron chi connectivity index (χ4n) is 1.95. The number of pyridine rings is 1. The Kier molecular flexibility index (Phi) is 6.62. The first kappa shape index (κ1) is 19.8. The van der Waals surface area contributed by atoms with Gasteiger partial charge in [-0.2, -0.15) is 13.2 Å². The van der Waals surface area contributed by atoms with E-state index in [4.69, 9.17) is 0 Å². The Morgan fingerprint density at radius 2 is 1.77 bits per heavy atom. The van der Waals surface area contributed by atoms with Gasteiger partial charge in [-0.3, -0.25) is 9.59 Å². The zero-order valence-corrected chi connectivity index (χ0v) is 14.6. The van der Waals surface area contributed by atoms with Crippen molar-refractivity contribution >= 4 is 29.3 Å². The van der Waals surface area contributed by atoms with Crippen LogP contribution >= 0.6 is 11.8 Å². The lowest BCUT2D eigenvalue weighted by atomic mass is 10.1. The predicted molar refractivity (Wildman–Crippen MR) is 92.8 cm³/mol. The predicted octanol–water partition coefficient (Wildman–Crippen LogP) is 3.12. The smallest absolute Gasteiger partial charge is 0.359 e. The second-order valence-corrected chi connectivity index (χ2v) is 6.26. The molecule has 1 aromatic heterocycles.